The van der Waals surface area contributed by atoms with Crippen molar-refractivity contribution in [3.05, 3.63) is 78.0 Å². The van der Waals surface area contributed by atoms with Gasteiger partial charge in [0, 0.05) is 19.8 Å². The Balaban J connectivity index is 2.30. The fraction of sp³-hybridized carbons (Fsp3) is 0.261. The molecule has 0 heterocycles. The van der Waals surface area contributed by atoms with Crippen molar-refractivity contribution in [3.8, 4) is 0 Å². The average molecular weight is 409 g/mol. The van der Waals surface area contributed by atoms with E-state index >= 15 is 0 Å². The Morgan fingerprint density at radius 1 is 1.03 bits per heavy atom. The highest BCUT2D eigenvalue weighted by atomic mass is 16.6. The van der Waals surface area contributed by atoms with Crippen LogP contribution in [0.5, 0.6) is 0 Å². The van der Waals surface area contributed by atoms with Crippen molar-refractivity contribution < 1.29 is 19.4 Å². The number of carboxylic acid groups (broad SMARTS) is 1. The molecule has 0 radical (unpaired) electrons. The normalized spacial score (nSPS) is 10.8. The monoisotopic (exact) mass is 409 g/mol. The highest BCUT2D eigenvalue weighted by Gasteiger charge is 2.23. The van der Waals surface area contributed by atoms with Crippen molar-refractivity contribution in [3.63, 3.8) is 0 Å². The number of hydrogen-bond donors (Lipinski definition) is 1. The zero-order valence-electron chi connectivity index (χ0n) is 17.5. The zero-order valence-corrected chi connectivity index (χ0v) is 17.5. The highest BCUT2D eigenvalue weighted by molar-refractivity contribution is 5.90. The Kier molecular flexibility index (Phi) is 7.36. The van der Waals surface area contributed by atoms with E-state index in [9.17, 15) is 14.7 Å². The molecule has 0 unspecified atom stereocenters. The van der Waals surface area contributed by atoms with Crippen molar-refractivity contribution in [2.75, 3.05) is 5.01 Å². The standard InChI is InChI=1S/C23H27N3O4/c1-17(21(27)28)26(24-5)20-13-9-12-19(14-20)16-25(22(29)30-23(2,3)4)15-18-10-7-6-8-11-18/h6-14H,1,5,15-16H2,2-4H3,(H,27,28). The molecule has 0 bridgehead atoms. The lowest BCUT2D eigenvalue weighted by Gasteiger charge is -2.28. The molecule has 2 aromatic carbocycles. The Labute approximate surface area is 176 Å². The maximum atomic E-state index is 12.8. The summed E-state index contributed by atoms with van der Waals surface area (Å²) in [4.78, 5) is 25.7. The molecule has 0 aliphatic carbocycles. The first kappa shape index (κ1) is 22.7. The van der Waals surface area contributed by atoms with Gasteiger partial charge in [0.05, 0.1) is 5.69 Å². The maximum absolute atomic E-state index is 12.8. The second-order valence-electron chi connectivity index (χ2n) is 7.70. The molecule has 0 aromatic heterocycles. The minimum Gasteiger partial charge on any atom is -0.477 e. The topological polar surface area (TPSA) is 82.4 Å². The molecule has 1 N–H and O–H groups in total. The van der Waals surface area contributed by atoms with Crippen LogP contribution < -0.4 is 5.01 Å². The fourth-order valence-corrected chi connectivity index (χ4v) is 2.74. The van der Waals surface area contributed by atoms with Crippen LogP contribution >= 0.6 is 0 Å². The minimum absolute atomic E-state index is 0.226. The number of anilines is 1. The summed E-state index contributed by atoms with van der Waals surface area (Å²) in [6.07, 6.45) is -0.439. The molecule has 2 aromatic rings. The Hall–Kier alpha value is -3.61. The number of carbonyl (C=O) groups is 2. The van der Waals surface area contributed by atoms with Crippen LogP contribution in [0.4, 0.5) is 10.5 Å². The second kappa shape index (κ2) is 9.73. The van der Waals surface area contributed by atoms with E-state index in [0.717, 1.165) is 16.1 Å². The van der Waals surface area contributed by atoms with Crippen molar-refractivity contribution in [2.45, 2.75) is 39.5 Å². The molecule has 158 valence electrons. The molecule has 0 fully saturated rings. The van der Waals surface area contributed by atoms with Crippen LogP contribution in [0.2, 0.25) is 0 Å². The lowest BCUT2D eigenvalue weighted by atomic mass is 10.1. The van der Waals surface area contributed by atoms with E-state index in [-0.39, 0.29) is 12.2 Å². The van der Waals surface area contributed by atoms with E-state index in [4.69, 9.17) is 4.74 Å². The van der Waals surface area contributed by atoms with Crippen LogP contribution in [0.25, 0.3) is 0 Å². The SMILES string of the molecule is C=NN(C(=C)C(=O)O)c1cccc(CN(Cc2ccccc2)C(=O)OC(C)(C)C)c1. The first-order chi connectivity index (χ1) is 14.1. The van der Waals surface area contributed by atoms with E-state index in [1.165, 1.54) is 0 Å². The fourth-order valence-electron chi connectivity index (χ4n) is 2.74. The van der Waals surface area contributed by atoms with E-state index in [2.05, 4.69) is 18.4 Å². The van der Waals surface area contributed by atoms with Crippen LogP contribution in [0.3, 0.4) is 0 Å². The molecule has 1 amide bonds. The van der Waals surface area contributed by atoms with Gasteiger partial charge in [0.1, 0.15) is 11.3 Å². The molecule has 2 rings (SSSR count). The van der Waals surface area contributed by atoms with Gasteiger partial charge in [-0.15, -0.1) is 0 Å². The van der Waals surface area contributed by atoms with E-state index in [1.54, 1.807) is 23.1 Å². The molecule has 0 spiro atoms. The van der Waals surface area contributed by atoms with E-state index < -0.39 is 17.7 Å². The summed E-state index contributed by atoms with van der Waals surface area (Å²) in [5.41, 5.74) is 1.37. The van der Waals surface area contributed by atoms with Gasteiger partial charge in [0.25, 0.3) is 0 Å². The molecule has 0 aliphatic heterocycles. The van der Waals surface area contributed by atoms with Gasteiger partial charge in [-0.2, -0.15) is 5.10 Å². The number of carboxylic acids is 1. The first-order valence-corrected chi connectivity index (χ1v) is 9.40. The van der Waals surface area contributed by atoms with Crippen molar-refractivity contribution in [2.24, 2.45) is 5.10 Å². The molecule has 7 heteroatoms. The third kappa shape index (κ3) is 6.48. The summed E-state index contributed by atoms with van der Waals surface area (Å²) in [6, 6.07) is 16.7. The van der Waals surface area contributed by atoms with Gasteiger partial charge in [0.15, 0.2) is 0 Å². The van der Waals surface area contributed by atoms with Gasteiger partial charge in [0.2, 0.25) is 0 Å². The number of rotatable bonds is 8. The number of benzene rings is 2. The number of amides is 1. The van der Waals surface area contributed by atoms with Crippen LogP contribution in [0.1, 0.15) is 31.9 Å². The summed E-state index contributed by atoms with van der Waals surface area (Å²) >= 11 is 0. The lowest BCUT2D eigenvalue weighted by Crippen LogP contribution is -2.36. The van der Waals surface area contributed by atoms with Gasteiger partial charge in [-0.3, -0.25) is 4.90 Å². The molecule has 30 heavy (non-hydrogen) atoms. The molecular formula is C23H27N3O4. The first-order valence-electron chi connectivity index (χ1n) is 9.40. The van der Waals surface area contributed by atoms with Gasteiger partial charge in [-0.1, -0.05) is 49.0 Å². The molecule has 0 saturated heterocycles. The average Bonchev–Trinajstić information content (AvgIpc) is 2.68. The highest BCUT2D eigenvalue weighted by Crippen LogP contribution is 2.22. The Bertz CT molecular complexity index is 920. The van der Waals surface area contributed by atoms with Crippen molar-refractivity contribution >= 4 is 24.5 Å². The predicted octanol–water partition coefficient (Wildman–Crippen LogP) is 4.64. The largest absolute Gasteiger partial charge is 0.477 e. The number of nitrogens with zero attached hydrogens (tertiary/aromatic N) is 3. The van der Waals surface area contributed by atoms with E-state index in [0.29, 0.717) is 12.2 Å². The third-order valence-electron chi connectivity index (χ3n) is 4.04. The Morgan fingerprint density at radius 3 is 2.20 bits per heavy atom. The van der Waals surface area contributed by atoms with Crippen molar-refractivity contribution in [1.29, 1.82) is 0 Å². The van der Waals surface area contributed by atoms with Gasteiger partial charge >= 0.3 is 12.1 Å². The van der Waals surface area contributed by atoms with Crippen LogP contribution in [0, 0.1) is 0 Å². The number of aliphatic carboxylic acids is 1. The van der Waals surface area contributed by atoms with Gasteiger partial charge in [-0.05, 0) is 44.0 Å². The number of hydrazone groups is 1. The van der Waals surface area contributed by atoms with Crippen molar-refractivity contribution in [1.82, 2.24) is 4.90 Å². The summed E-state index contributed by atoms with van der Waals surface area (Å²) in [5.74, 6) is -1.20. The summed E-state index contributed by atoms with van der Waals surface area (Å²) < 4.78 is 5.57. The molecule has 7 nitrogen and oxygen atoms in total. The molecule has 0 atom stereocenters. The summed E-state index contributed by atoms with van der Waals surface area (Å²) in [5, 5.41) is 14.1. The zero-order chi connectivity index (χ0) is 22.3. The molecular weight excluding hydrogens is 382 g/mol. The summed E-state index contributed by atoms with van der Waals surface area (Å²) in [7, 11) is 0. The Morgan fingerprint density at radius 2 is 1.63 bits per heavy atom. The van der Waals surface area contributed by atoms with Gasteiger partial charge < -0.3 is 9.84 Å². The molecule has 0 aliphatic rings. The quantitative estimate of drug-likeness (QED) is 0.390. The lowest BCUT2D eigenvalue weighted by molar-refractivity contribution is -0.132. The summed E-state index contributed by atoms with van der Waals surface area (Å²) in [6.45, 7) is 13.0. The van der Waals surface area contributed by atoms with Crippen LogP contribution in [0.15, 0.2) is 72.0 Å². The van der Waals surface area contributed by atoms with Gasteiger partial charge in [-0.25, -0.2) is 14.6 Å². The maximum Gasteiger partial charge on any atom is 0.410 e. The molecule has 0 saturated carbocycles. The minimum atomic E-state index is -1.20. The van der Waals surface area contributed by atoms with E-state index in [1.807, 2.05) is 57.2 Å². The number of hydrogen-bond acceptors (Lipinski definition) is 5. The number of ether oxygens (including phenoxy) is 1. The third-order valence-corrected chi connectivity index (χ3v) is 4.04. The predicted molar refractivity (Wildman–Crippen MR) is 117 cm³/mol. The van der Waals surface area contributed by atoms with Crippen LogP contribution in [-0.2, 0) is 22.6 Å². The van der Waals surface area contributed by atoms with Crippen LogP contribution in [-0.4, -0.2) is 34.4 Å². The smallest absolute Gasteiger partial charge is 0.410 e. The number of carbonyl (C=O) groups excluding carboxylic acids is 1. The second-order valence-corrected chi connectivity index (χ2v) is 7.70.